The molecule has 0 radical (unpaired) electrons. The van der Waals surface area contributed by atoms with E-state index in [0.717, 1.165) is 5.56 Å². The summed E-state index contributed by atoms with van der Waals surface area (Å²) in [5, 5.41) is 13.6. The van der Waals surface area contributed by atoms with Gasteiger partial charge >= 0.3 is 0 Å². The van der Waals surface area contributed by atoms with Crippen LogP contribution in [0.4, 0.5) is 17.1 Å². The van der Waals surface area contributed by atoms with Crippen LogP contribution >= 0.6 is 0 Å². The maximum Gasteiger partial charge on any atom is 0.269 e. The molecule has 0 spiro atoms. The van der Waals surface area contributed by atoms with Gasteiger partial charge in [-0.2, -0.15) is 0 Å². The van der Waals surface area contributed by atoms with Crippen LogP contribution in [0.25, 0.3) is 0 Å². The molecule has 1 unspecified atom stereocenters. The van der Waals surface area contributed by atoms with Gasteiger partial charge in [0.1, 0.15) is 5.92 Å². The summed E-state index contributed by atoms with van der Waals surface area (Å²) in [6.07, 6.45) is 0.545. The number of nitrogens with zero attached hydrogens (tertiary/aromatic N) is 2. The van der Waals surface area contributed by atoms with E-state index in [-0.39, 0.29) is 11.6 Å². The van der Waals surface area contributed by atoms with Gasteiger partial charge in [-0.3, -0.25) is 19.9 Å². The van der Waals surface area contributed by atoms with Crippen LogP contribution in [0.15, 0.2) is 41.4 Å². The van der Waals surface area contributed by atoms with Crippen molar-refractivity contribution in [3.05, 3.63) is 52.1 Å². The lowest BCUT2D eigenvalue weighted by Crippen LogP contribution is -2.20. The molecule has 1 aliphatic rings. The maximum atomic E-state index is 12.6. The second-order valence-corrected chi connectivity index (χ2v) is 5.95. The Balaban J connectivity index is 2.01. The standard InChI is InChI=1S/C19H19N3O5/c1-4-14(20-11-5-7-12(8-6-11)22(24)25)18-13-9-16(26-2)17(27-3)10-15(13)21-19(18)23/h5-10,18H,4H2,1-3H3,(H,21,23). The molecule has 2 aromatic carbocycles. The molecule has 2 aromatic rings. The second-order valence-electron chi connectivity index (χ2n) is 5.95. The number of non-ortho nitro benzene ring substituents is 1. The van der Waals surface area contributed by atoms with Crippen molar-refractivity contribution in [3.63, 3.8) is 0 Å². The summed E-state index contributed by atoms with van der Waals surface area (Å²) in [5.41, 5.74) is 2.63. The molecule has 1 atom stereocenters. The molecule has 1 N–H and O–H groups in total. The highest BCUT2D eigenvalue weighted by molar-refractivity contribution is 6.19. The average molecular weight is 369 g/mol. The van der Waals surface area contributed by atoms with Gasteiger partial charge in [-0.15, -0.1) is 0 Å². The third-order valence-electron chi connectivity index (χ3n) is 4.42. The molecule has 1 heterocycles. The molecule has 0 saturated carbocycles. The Morgan fingerprint density at radius 2 is 1.81 bits per heavy atom. The monoisotopic (exact) mass is 369 g/mol. The molecular weight excluding hydrogens is 350 g/mol. The van der Waals surface area contributed by atoms with E-state index in [4.69, 9.17) is 9.47 Å². The lowest BCUT2D eigenvalue weighted by molar-refractivity contribution is -0.384. The normalized spacial score (nSPS) is 15.9. The van der Waals surface area contributed by atoms with Crippen LogP contribution < -0.4 is 14.8 Å². The smallest absolute Gasteiger partial charge is 0.269 e. The number of amides is 1. The van der Waals surface area contributed by atoms with Crippen molar-refractivity contribution in [3.8, 4) is 11.5 Å². The number of methoxy groups -OCH3 is 2. The Bertz CT molecular complexity index is 922. The Morgan fingerprint density at radius 1 is 1.19 bits per heavy atom. The van der Waals surface area contributed by atoms with Crippen LogP contribution in [-0.2, 0) is 4.79 Å². The molecule has 0 bridgehead atoms. The third kappa shape index (κ3) is 3.46. The van der Waals surface area contributed by atoms with Gasteiger partial charge in [-0.1, -0.05) is 6.92 Å². The Kier molecular flexibility index (Phi) is 5.07. The van der Waals surface area contributed by atoms with E-state index >= 15 is 0 Å². The molecule has 8 nitrogen and oxygen atoms in total. The summed E-state index contributed by atoms with van der Waals surface area (Å²) in [6, 6.07) is 9.42. The first-order valence-corrected chi connectivity index (χ1v) is 8.37. The van der Waals surface area contributed by atoms with Crippen LogP contribution in [0.3, 0.4) is 0 Å². The van der Waals surface area contributed by atoms with Gasteiger partial charge in [0.2, 0.25) is 5.91 Å². The van der Waals surface area contributed by atoms with Crippen molar-refractivity contribution in [1.29, 1.82) is 0 Å². The van der Waals surface area contributed by atoms with E-state index in [0.29, 0.717) is 35.0 Å². The van der Waals surface area contributed by atoms with Gasteiger partial charge in [0.05, 0.1) is 24.8 Å². The largest absolute Gasteiger partial charge is 0.493 e. The Labute approximate surface area is 156 Å². The second kappa shape index (κ2) is 7.45. The van der Waals surface area contributed by atoms with E-state index in [1.54, 1.807) is 24.3 Å². The molecule has 8 heteroatoms. The number of carbonyl (C=O) groups excluding carboxylic acids is 1. The van der Waals surface area contributed by atoms with Gasteiger partial charge in [0.25, 0.3) is 5.69 Å². The van der Waals surface area contributed by atoms with E-state index in [2.05, 4.69) is 10.3 Å². The van der Waals surface area contributed by atoms with Crippen molar-refractivity contribution in [2.24, 2.45) is 4.99 Å². The zero-order chi connectivity index (χ0) is 19.6. The summed E-state index contributed by atoms with van der Waals surface area (Å²) >= 11 is 0. The summed E-state index contributed by atoms with van der Waals surface area (Å²) < 4.78 is 10.6. The lowest BCUT2D eigenvalue weighted by Gasteiger charge is -2.14. The number of nitrogens with one attached hydrogen (secondary N) is 1. The van der Waals surface area contributed by atoms with Gasteiger partial charge in [0, 0.05) is 29.6 Å². The zero-order valence-electron chi connectivity index (χ0n) is 15.2. The molecule has 0 aromatic heterocycles. The number of nitro benzene ring substituents is 1. The summed E-state index contributed by atoms with van der Waals surface area (Å²) in [6.45, 7) is 1.91. The van der Waals surface area contributed by atoms with Gasteiger partial charge in [0.15, 0.2) is 11.5 Å². The van der Waals surface area contributed by atoms with E-state index in [1.165, 1.54) is 26.4 Å². The fraction of sp³-hybridized carbons (Fsp3) is 0.263. The number of aliphatic imine (C=N–C) groups is 1. The predicted molar refractivity (Wildman–Crippen MR) is 101 cm³/mol. The number of fused-ring (bicyclic) bond motifs is 1. The number of rotatable bonds is 6. The molecule has 140 valence electrons. The average Bonchev–Trinajstić information content (AvgIpc) is 2.99. The third-order valence-corrected chi connectivity index (χ3v) is 4.42. The Hall–Kier alpha value is -3.42. The SMILES string of the molecule is CCC(=Nc1ccc([N+](=O)[O-])cc1)C1C(=O)Nc2cc(OC)c(OC)cc21. The molecule has 1 aliphatic heterocycles. The van der Waals surface area contributed by atoms with Gasteiger partial charge in [-0.25, -0.2) is 0 Å². The highest BCUT2D eigenvalue weighted by Crippen LogP contribution is 2.42. The van der Waals surface area contributed by atoms with E-state index in [9.17, 15) is 14.9 Å². The van der Waals surface area contributed by atoms with Crippen molar-refractivity contribution < 1.29 is 19.2 Å². The zero-order valence-corrected chi connectivity index (χ0v) is 15.2. The first-order chi connectivity index (χ1) is 13.0. The van der Waals surface area contributed by atoms with Crippen LogP contribution in [0, 0.1) is 10.1 Å². The first-order valence-electron chi connectivity index (χ1n) is 8.37. The summed E-state index contributed by atoms with van der Waals surface area (Å²) in [4.78, 5) is 27.5. The van der Waals surface area contributed by atoms with Crippen LogP contribution in [-0.4, -0.2) is 30.8 Å². The van der Waals surface area contributed by atoms with E-state index in [1.807, 2.05) is 6.92 Å². The predicted octanol–water partition coefficient (Wildman–Crippen LogP) is 3.83. The molecule has 27 heavy (non-hydrogen) atoms. The molecule has 0 aliphatic carbocycles. The van der Waals surface area contributed by atoms with Crippen molar-refractivity contribution in [2.75, 3.05) is 19.5 Å². The van der Waals surface area contributed by atoms with Crippen LogP contribution in [0.1, 0.15) is 24.8 Å². The minimum absolute atomic E-state index is 0.00668. The number of hydrogen-bond acceptors (Lipinski definition) is 6. The first kappa shape index (κ1) is 18.4. The lowest BCUT2D eigenvalue weighted by atomic mass is 9.93. The topological polar surface area (TPSA) is 103 Å². The quantitative estimate of drug-likeness (QED) is 0.473. The number of hydrogen-bond donors (Lipinski definition) is 1. The fourth-order valence-corrected chi connectivity index (χ4v) is 3.08. The highest BCUT2D eigenvalue weighted by Gasteiger charge is 2.35. The van der Waals surface area contributed by atoms with Crippen molar-refractivity contribution in [2.45, 2.75) is 19.3 Å². The maximum absolute atomic E-state index is 12.6. The van der Waals surface area contributed by atoms with Crippen LogP contribution in [0.5, 0.6) is 11.5 Å². The number of nitro groups is 1. The highest BCUT2D eigenvalue weighted by atomic mass is 16.6. The minimum Gasteiger partial charge on any atom is -0.493 e. The number of ether oxygens (including phenoxy) is 2. The van der Waals surface area contributed by atoms with Crippen molar-refractivity contribution >= 4 is 28.7 Å². The van der Waals surface area contributed by atoms with Crippen LogP contribution in [0.2, 0.25) is 0 Å². The van der Waals surface area contributed by atoms with Gasteiger partial charge in [-0.05, 0) is 30.2 Å². The summed E-state index contributed by atoms with van der Waals surface area (Å²) in [5.74, 6) is 0.328. The van der Waals surface area contributed by atoms with Gasteiger partial charge < -0.3 is 14.8 Å². The minimum atomic E-state index is -0.556. The molecule has 3 rings (SSSR count). The molecular formula is C19H19N3O5. The number of anilines is 1. The number of carbonyl (C=O) groups is 1. The Morgan fingerprint density at radius 3 is 2.37 bits per heavy atom. The summed E-state index contributed by atoms with van der Waals surface area (Å²) in [7, 11) is 3.07. The molecule has 0 saturated heterocycles. The van der Waals surface area contributed by atoms with Crippen molar-refractivity contribution in [1.82, 2.24) is 0 Å². The fourth-order valence-electron chi connectivity index (χ4n) is 3.08. The molecule has 0 fully saturated rings. The van der Waals surface area contributed by atoms with E-state index < -0.39 is 10.8 Å². The number of benzene rings is 2. The molecule has 1 amide bonds.